The van der Waals surface area contributed by atoms with Gasteiger partial charge < -0.3 is 20.5 Å². The standard InChI is InChI=1S/C20H18N4O5S/c1-23-18(26)16-15(10-5-4-6-11(7-10)28-2)12(9-21)17(22)24-19(27)13(30-20(16)24)8-14(25)29-3/h4-8,15H,22H2,1-3H3,(H,23,26). The van der Waals surface area contributed by atoms with Gasteiger partial charge in [0.25, 0.3) is 11.5 Å². The van der Waals surface area contributed by atoms with Gasteiger partial charge in [0.05, 0.1) is 37.4 Å². The highest BCUT2D eigenvalue weighted by Gasteiger charge is 2.35. The number of carbonyl (C=O) groups excluding carboxylic acids is 2. The summed E-state index contributed by atoms with van der Waals surface area (Å²) in [6.07, 6.45) is 1.03. The molecular weight excluding hydrogens is 408 g/mol. The summed E-state index contributed by atoms with van der Waals surface area (Å²) in [7, 11) is 4.14. The average molecular weight is 426 g/mol. The van der Waals surface area contributed by atoms with E-state index in [1.807, 2.05) is 6.07 Å². The van der Waals surface area contributed by atoms with Gasteiger partial charge in [0.15, 0.2) is 0 Å². The Labute approximate surface area is 174 Å². The summed E-state index contributed by atoms with van der Waals surface area (Å²) in [5.41, 5.74) is 6.39. The number of rotatable bonds is 4. The SMILES string of the molecule is CNC(=O)C1=c2sc(=CC(=O)OC)c(=O)n2C(N)=C(C#N)C1c1cccc(OC)c1. The van der Waals surface area contributed by atoms with Crippen LogP contribution in [0.5, 0.6) is 5.75 Å². The number of methoxy groups -OCH3 is 2. The molecule has 3 N–H and O–H groups in total. The Kier molecular flexibility index (Phi) is 5.75. The molecule has 1 aliphatic heterocycles. The van der Waals surface area contributed by atoms with Crippen molar-refractivity contribution in [1.82, 2.24) is 9.88 Å². The molecule has 2 aromatic rings. The maximum atomic E-state index is 12.9. The van der Waals surface area contributed by atoms with Crippen molar-refractivity contribution < 1.29 is 19.1 Å². The monoisotopic (exact) mass is 426 g/mol. The third kappa shape index (κ3) is 3.35. The summed E-state index contributed by atoms with van der Waals surface area (Å²) in [6.45, 7) is 0. The minimum absolute atomic E-state index is 0.0322. The van der Waals surface area contributed by atoms with Crippen LogP contribution in [0.25, 0.3) is 17.5 Å². The second kappa shape index (κ2) is 8.26. The molecule has 10 heteroatoms. The van der Waals surface area contributed by atoms with Crippen molar-refractivity contribution in [3.05, 3.63) is 55.0 Å². The zero-order valence-electron chi connectivity index (χ0n) is 16.4. The molecule has 1 aliphatic rings. The second-order valence-electron chi connectivity index (χ2n) is 6.19. The molecule has 3 rings (SSSR count). The molecule has 154 valence electrons. The van der Waals surface area contributed by atoms with Crippen LogP contribution in [-0.2, 0) is 14.3 Å². The highest BCUT2D eigenvalue weighted by molar-refractivity contribution is 7.07. The molecule has 0 saturated carbocycles. The molecule has 1 atom stereocenters. The lowest BCUT2D eigenvalue weighted by Crippen LogP contribution is -2.41. The first-order valence-corrected chi connectivity index (χ1v) is 9.51. The minimum Gasteiger partial charge on any atom is -0.497 e. The molecule has 1 amide bonds. The van der Waals surface area contributed by atoms with Crippen LogP contribution in [0.3, 0.4) is 0 Å². The fourth-order valence-electron chi connectivity index (χ4n) is 3.22. The number of hydrogen-bond donors (Lipinski definition) is 2. The van der Waals surface area contributed by atoms with E-state index in [-0.39, 0.29) is 26.2 Å². The Morgan fingerprint density at radius 3 is 2.70 bits per heavy atom. The van der Waals surface area contributed by atoms with Gasteiger partial charge in [-0.05, 0) is 17.7 Å². The van der Waals surface area contributed by atoms with E-state index in [1.54, 1.807) is 24.3 Å². The van der Waals surface area contributed by atoms with Crippen LogP contribution in [-0.4, -0.2) is 37.7 Å². The molecular formula is C20H18N4O5S. The summed E-state index contributed by atoms with van der Waals surface area (Å²) in [5.74, 6) is -1.59. The van der Waals surface area contributed by atoms with Crippen LogP contribution in [0.1, 0.15) is 11.5 Å². The van der Waals surface area contributed by atoms with E-state index in [1.165, 1.54) is 21.3 Å². The summed E-state index contributed by atoms with van der Waals surface area (Å²) < 4.78 is 11.2. The van der Waals surface area contributed by atoms with Crippen LogP contribution in [0.2, 0.25) is 0 Å². The maximum absolute atomic E-state index is 12.9. The van der Waals surface area contributed by atoms with Crippen molar-refractivity contribution in [3.8, 4) is 11.8 Å². The number of nitrogens with one attached hydrogen (secondary N) is 1. The fraction of sp³-hybridized carbons (Fsp3) is 0.200. The number of amides is 1. The first-order valence-electron chi connectivity index (χ1n) is 8.69. The molecule has 0 bridgehead atoms. The van der Waals surface area contributed by atoms with Gasteiger partial charge in [-0.1, -0.05) is 12.1 Å². The molecule has 30 heavy (non-hydrogen) atoms. The van der Waals surface area contributed by atoms with Gasteiger partial charge in [0.2, 0.25) is 0 Å². The largest absolute Gasteiger partial charge is 0.497 e. The number of thiazole rings is 1. The maximum Gasteiger partial charge on any atom is 0.332 e. The molecule has 9 nitrogen and oxygen atoms in total. The van der Waals surface area contributed by atoms with E-state index in [4.69, 9.17) is 10.5 Å². The zero-order valence-corrected chi connectivity index (χ0v) is 17.2. The Balaban J connectivity index is 2.48. The molecule has 0 aliphatic carbocycles. The summed E-state index contributed by atoms with van der Waals surface area (Å²) in [4.78, 5) is 37.4. The number of esters is 1. The fourth-order valence-corrected chi connectivity index (χ4v) is 4.36. The van der Waals surface area contributed by atoms with E-state index in [9.17, 15) is 19.6 Å². The molecule has 0 spiro atoms. The van der Waals surface area contributed by atoms with Gasteiger partial charge >= 0.3 is 5.97 Å². The molecule has 2 heterocycles. The predicted octanol–water partition coefficient (Wildman–Crippen LogP) is -0.783. The van der Waals surface area contributed by atoms with Gasteiger partial charge in [0, 0.05) is 13.1 Å². The number of ether oxygens (including phenoxy) is 2. The van der Waals surface area contributed by atoms with Gasteiger partial charge in [0.1, 0.15) is 20.8 Å². The number of aromatic nitrogens is 1. The highest BCUT2D eigenvalue weighted by Crippen LogP contribution is 2.37. The number of nitrogens with two attached hydrogens (primary N) is 1. The minimum atomic E-state index is -0.825. The quantitative estimate of drug-likeness (QED) is 0.612. The molecule has 1 aromatic heterocycles. The number of allylic oxidation sites excluding steroid dienone is 1. The first-order chi connectivity index (χ1) is 14.4. The second-order valence-corrected chi connectivity index (χ2v) is 7.22. The van der Waals surface area contributed by atoms with Gasteiger partial charge in [-0.3, -0.25) is 14.2 Å². The number of benzene rings is 1. The normalized spacial score (nSPS) is 16.0. The molecule has 1 aromatic carbocycles. The van der Waals surface area contributed by atoms with Crippen LogP contribution < -0.4 is 30.5 Å². The Bertz CT molecular complexity index is 1300. The third-order valence-corrected chi connectivity index (χ3v) is 5.73. The van der Waals surface area contributed by atoms with Crippen molar-refractivity contribution in [3.63, 3.8) is 0 Å². The highest BCUT2D eigenvalue weighted by atomic mass is 32.1. The van der Waals surface area contributed by atoms with E-state index < -0.39 is 23.4 Å². The van der Waals surface area contributed by atoms with Crippen LogP contribution in [0.15, 0.2) is 34.6 Å². The zero-order chi connectivity index (χ0) is 22.0. The van der Waals surface area contributed by atoms with E-state index in [0.29, 0.717) is 11.3 Å². The smallest absolute Gasteiger partial charge is 0.332 e. The summed E-state index contributed by atoms with van der Waals surface area (Å²) in [5, 5.41) is 12.4. The summed E-state index contributed by atoms with van der Waals surface area (Å²) >= 11 is 0.923. The number of carbonyl (C=O) groups is 2. The topological polar surface area (TPSA) is 136 Å². The first kappa shape index (κ1) is 20.9. The van der Waals surface area contributed by atoms with E-state index >= 15 is 0 Å². The number of nitriles is 1. The van der Waals surface area contributed by atoms with E-state index in [2.05, 4.69) is 10.1 Å². The Morgan fingerprint density at radius 1 is 1.37 bits per heavy atom. The van der Waals surface area contributed by atoms with E-state index in [0.717, 1.165) is 22.0 Å². The number of fused-ring (bicyclic) bond motifs is 1. The Morgan fingerprint density at radius 2 is 2.10 bits per heavy atom. The van der Waals surface area contributed by atoms with Crippen molar-refractivity contribution in [2.24, 2.45) is 5.73 Å². The third-order valence-electron chi connectivity index (χ3n) is 4.62. The molecule has 1 unspecified atom stereocenters. The van der Waals surface area contributed by atoms with Crippen LogP contribution in [0, 0.1) is 11.3 Å². The van der Waals surface area contributed by atoms with Gasteiger partial charge in [-0.15, -0.1) is 11.3 Å². The lowest BCUT2D eigenvalue weighted by Gasteiger charge is -2.25. The lowest BCUT2D eigenvalue weighted by molar-refractivity contribution is -0.133. The van der Waals surface area contributed by atoms with Crippen LogP contribution >= 0.6 is 11.3 Å². The molecule has 0 saturated heterocycles. The van der Waals surface area contributed by atoms with Crippen molar-refractivity contribution in [2.75, 3.05) is 21.3 Å². The number of hydrogen-bond acceptors (Lipinski definition) is 8. The van der Waals surface area contributed by atoms with Gasteiger partial charge in [-0.25, -0.2) is 4.79 Å². The molecule has 0 fully saturated rings. The Hall–Kier alpha value is -3.84. The predicted molar refractivity (Wildman–Crippen MR) is 111 cm³/mol. The van der Waals surface area contributed by atoms with Gasteiger partial charge in [-0.2, -0.15) is 5.26 Å². The van der Waals surface area contributed by atoms with Crippen LogP contribution in [0.4, 0.5) is 0 Å². The lowest BCUT2D eigenvalue weighted by atomic mass is 9.83. The molecule has 0 radical (unpaired) electrons. The summed E-state index contributed by atoms with van der Waals surface area (Å²) in [6, 6.07) is 8.93. The average Bonchev–Trinajstić information content (AvgIpc) is 3.08. The van der Waals surface area contributed by atoms with Crippen molar-refractivity contribution >= 4 is 40.7 Å². The van der Waals surface area contributed by atoms with Crippen molar-refractivity contribution in [2.45, 2.75) is 5.92 Å². The van der Waals surface area contributed by atoms with Crippen molar-refractivity contribution in [1.29, 1.82) is 5.26 Å². The number of nitrogens with zero attached hydrogens (tertiary/aromatic N) is 2.